The minimum atomic E-state index is -1.02. The van der Waals surface area contributed by atoms with Gasteiger partial charge in [0, 0.05) is 0 Å². The summed E-state index contributed by atoms with van der Waals surface area (Å²) < 4.78 is 0. The van der Waals surface area contributed by atoms with E-state index in [9.17, 15) is 20.4 Å². The normalized spacial score (nSPS) is 15.0. The number of halogens is 1. The Labute approximate surface area is 184 Å². The third-order valence-corrected chi connectivity index (χ3v) is 4.84. The summed E-state index contributed by atoms with van der Waals surface area (Å²) in [5, 5.41) is 46.1. The molecule has 1 heterocycles. The molecule has 0 aliphatic carbocycles. The molecule has 3 aromatic rings. The first kappa shape index (κ1) is 22.9. The second-order valence-corrected chi connectivity index (χ2v) is 7.17. The van der Waals surface area contributed by atoms with Gasteiger partial charge in [0.05, 0.1) is 25.3 Å². The molecule has 10 heteroatoms. The zero-order chi connectivity index (χ0) is 22.2. The molecule has 0 saturated heterocycles. The molecule has 0 fully saturated rings. The van der Waals surface area contributed by atoms with E-state index in [1.54, 1.807) is 48.5 Å². The molecule has 9 nitrogen and oxygen atoms in total. The standard InChI is InChI=1S/C21H24ClN5O4/c22-19-25-20(23-15(11-28)17(30)13-7-3-1-4-8-13)27-21(26-19)24-16(12-29)18(31)14-9-5-2-6-10-14/h1-10,15-18,28-31H,11-12H2,(H2,23,24,25,26,27)/t15-,16-,17-,18-/m0/s1. The molecule has 6 N–H and O–H groups in total. The van der Waals surface area contributed by atoms with Gasteiger partial charge in [-0.15, -0.1) is 0 Å². The maximum Gasteiger partial charge on any atom is 0.229 e. The molecule has 0 bridgehead atoms. The van der Waals surface area contributed by atoms with Gasteiger partial charge in [0.25, 0.3) is 0 Å². The van der Waals surface area contributed by atoms with Gasteiger partial charge in [0.2, 0.25) is 17.2 Å². The van der Waals surface area contributed by atoms with Crippen LogP contribution in [-0.2, 0) is 0 Å². The Balaban J connectivity index is 1.76. The molecule has 1 aromatic heterocycles. The number of hydrogen-bond donors (Lipinski definition) is 6. The molecule has 0 unspecified atom stereocenters. The third kappa shape index (κ3) is 6.09. The maximum atomic E-state index is 10.6. The average molecular weight is 446 g/mol. The first-order chi connectivity index (χ1) is 15.0. The zero-order valence-electron chi connectivity index (χ0n) is 16.5. The molecule has 0 spiro atoms. The largest absolute Gasteiger partial charge is 0.394 e. The lowest BCUT2D eigenvalue weighted by Crippen LogP contribution is -2.33. The summed E-state index contributed by atoms with van der Waals surface area (Å²) in [6, 6.07) is 16.1. The van der Waals surface area contributed by atoms with E-state index < -0.39 is 37.5 Å². The highest BCUT2D eigenvalue weighted by Crippen LogP contribution is 2.22. The highest BCUT2D eigenvalue weighted by molar-refractivity contribution is 6.28. The smallest absolute Gasteiger partial charge is 0.229 e. The van der Waals surface area contributed by atoms with Crippen LogP contribution < -0.4 is 10.6 Å². The molecule has 0 amide bonds. The predicted octanol–water partition coefficient (Wildman–Crippen LogP) is 1.54. The molecule has 0 aliphatic rings. The number of aliphatic hydroxyl groups excluding tert-OH is 4. The number of hydrogen-bond acceptors (Lipinski definition) is 9. The van der Waals surface area contributed by atoms with Crippen molar-refractivity contribution in [1.82, 2.24) is 15.0 Å². The fraction of sp³-hybridized carbons (Fsp3) is 0.286. The molecule has 3 rings (SSSR count). The number of aliphatic hydroxyl groups is 4. The Bertz CT molecular complexity index is 877. The fourth-order valence-electron chi connectivity index (χ4n) is 3.02. The van der Waals surface area contributed by atoms with E-state index in [0.717, 1.165) is 0 Å². The summed E-state index contributed by atoms with van der Waals surface area (Å²) in [6.07, 6.45) is -2.05. The van der Waals surface area contributed by atoms with Crippen LogP contribution in [0, 0.1) is 0 Å². The van der Waals surface area contributed by atoms with Crippen molar-refractivity contribution in [2.24, 2.45) is 0 Å². The topological polar surface area (TPSA) is 144 Å². The van der Waals surface area contributed by atoms with Gasteiger partial charge in [-0.2, -0.15) is 15.0 Å². The molecule has 164 valence electrons. The average Bonchev–Trinajstić information content (AvgIpc) is 2.81. The number of aromatic nitrogens is 3. The van der Waals surface area contributed by atoms with Crippen molar-refractivity contribution >= 4 is 23.5 Å². The van der Waals surface area contributed by atoms with Gasteiger partial charge in [0.1, 0.15) is 12.2 Å². The SMILES string of the molecule is OC[C@H](Nc1nc(Cl)nc(N[C@@H](CO)[C@@H](O)c2ccccc2)n1)[C@@H](O)c1ccccc1. The summed E-state index contributed by atoms with van der Waals surface area (Å²) in [4.78, 5) is 12.1. The van der Waals surface area contributed by atoms with E-state index >= 15 is 0 Å². The van der Waals surface area contributed by atoms with Crippen LogP contribution in [-0.4, -0.2) is 60.7 Å². The third-order valence-electron chi connectivity index (χ3n) is 4.67. The van der Waals surface area contributed by atoms with Crippen molar-refractivity contribution in [3.05, 3.63) is 77.1 Å². The van der Waals surface area contributed by atoms with Gasteiger partial charge in [-0.25, -0.2) is 0 Å². The molecule has 31 heavy (non-hydrogen) atoms. The minimum absolute atomic E-state index is 0.0161. The van der Waals surface area contributed by atoms with Crippen LogP contribution >= 0.6 is 11.6 Å². The molecular formula is C21H24ClN5O4. The number of anilines is 2. The lowest BCUT2D eigenvalue weighted by molar-refractivity contribution is 0.118. The van der Waals surface area contributed by atoms with E-state index in [1.807, 2.05) is 12.1 Å². The van der Waals surface area contributed by atoms with Crippen LogP contribution in [0.3, 0.4) is 0 Å². The van der Waals surface area contributed by atoms with Gasteiger partial charge >= 0.3 is 0 Å². The highest BCUT2D eigenvalue weighted by atomic mass is 35.5. The van der Waals surface area contributed by atoms with Crippen molar-refractivity contribution in [2.45, 2.75) is 24.3 Å². The quantitative estimate of drug-likeness (QED) is 0.274. The van der Waals surface area contributed by atoms with Gasteiger partial charge in [-0.1, -0.05) is 60.7 Å². The van der Waals surface area contributed by atoms with Crippen molar-refractivity contribution < 1.29 is 20.4 Å². The Hall–Kier alpha value is -2.82. The number of benzene rings is 2. The summed E-state index contributed by atoms with van der Waals surface area (Å²) in [6.45, 7) is -0.789. The number of nitrogens with zero attached hydrogens (tertiary/aromatic N) is 3. The predicted molar refractivity (Wildman–Crippen MR) is 117 cm³/mol. The summed E-state index contributed by atoms with van der Waals surface area (Å²) >= 11 is 6.00. The van der Waals surface area contributed by atoms with E-state index in [1.165, 1.54) is 0 Å². The number of nitrogens with one attached hydrogen (secondary N) is 2. The van der Waals surface area contributed by atoms with E-state index in [-0.39, 0.29) is 17.2 Å². The first-order valence-electron chi connectivity index (χ1n) is 9.64. The van der Waals surface area contributed by atoms with Crippen LogP contribution in [0.1, 0.15) is 23.3 Å². The zero-order valence-corrected chi connectivity index (χ0v) is 17.3. The number of rotatable bonds is 10. The fourth-order valence-corrected chi connectivity index (χ4v) is 3.18. The van der Waals surface area contributed by atoms with Crippen molar-refractivity contribution in [3.8, 4) is 0 Å². The Morgan fingerprint density at radius 2 is 1.06 bits per heavy atom. The van der Waals surface area contributed by atoms with Crippen LogP contribution in [0.4, 0.5) is 11.9 Å². The molecular weight excluding hydrogens is 422 g/mol. The second kappa shape index (κ2) is 11.0. The Morgan fingerprint density at radius 3 is 1.42 bits per heavy atom. The maximum absolute atomic E-state index is 10.6. The van der Waals surface area contributed by atoms with Gasteiger partial charge in [-0.05, 0) is 22.7 Å². The Morgan fingerprint density at radius 1 is 0.677 bits per heavy atom. The summed E-state index contributed by atoms with van der Waals surface area (Å²) in [5.74, 6) is 0.0323. The van der Waals surface area contributed by atoms with Gasteiger partial charge in [0.15, 0.2) is 0 Å². The Kier molecular flexibility index (Phi) is 8.10. The molecule has 2 aromatic carbocycles. The highest BCUT2D eigenvalue weighted by Gasteiger charge is 2.24. The van der Waals surface area contributed by atoms with Crippen molar-refractivity contribution in [2.75, 3.05) is 23.8 Å². The van der Waals surface area contributed by atoms with E-state index in [2.05, 4.69) is 25.6 Å². The summed E-state index contributed by atoms with van der Waals surface area (Å²) in [5.41, 5.74) is 1.22. The monoisotopic (exact) mass is 445 g/mol. The van der Waals surface area contributed by atoms with Gasteiger partial charge < -0.3 is 31.1 Å². The van der Waals surface area contributed by atoms with E-state index in [0.29, 0.717) is 11.1 Å². The lowest BCUT2D eigenvalue weighted by Gasteiger charge is -2.24. The lowest BCUT2D eigenvalue weighted by atomic mass is 10.0. The van der Waals surface area contributed by atoms with E-state index in [4.69, 9.17) is 11.6 Å². The van der Waals surface area contributed by atoms with Crippen molar-refractivity contribution in [3.63, 3.8) is 0 Å². The first-order valence-corrected chi connectivity index (χ1v) is 10.0. The van der Waals surface area contributed by atoms with Crippen molar-refractivity contribution in [1.29, 1.82) is 0 Å². The minimum Gasteiger partial charge on any atom is -0.394 e. The molecule has 0 saturated carbocycles. The van der Waals surface area contributed by atoms with Crippen LogP contribution in [0.5, 0.6) is 0 Å². The molecule has 0 radical (unpaired) electrons. The van der Waals surface area contributed by atoms with Crippen LogP contribution in [0.25, 0.3) is 0 Å². The summed E-state index contributed by atoms with van der Waals surface area (Å²) in [7, 11) is 0. The molecule has 4 atom stereocenters. The second-order valence-electron chi connectivity index (χ2n) is 6.83. The van der Waals surface area contributed by atoms with Crippen LogP contribution in [0.15, 0.2) is 60.7 Å². The van der Waals surface area contributed by atoms with Crippen LogP contribution in [0.2, 0.25) is 5.28 Å². The molecule has 0 aliphatic heterocycles. The van der Waals surface area contributed by atoms with Gasteiger partial charge in [-0.3, -0.25) is 0 Å².